The molecule has 0 saturated carbocycles. The molecule has 2 N–H and O–H groups in total. The van der Waals surface area contributed by atoms with Crippen LogP contribution in [0, 0.1) is 11.5 Å². The number of benzene rings is 1. The molecule has 94 valence electrons. The summed E-state index contributed by atoms with van der Waals surface area (Å²) in [6, 6.07) is 7.13. The molecule has 0 aliphatic carbocycles. The van der Waals surface area contributed by atoms with Crippen LogP contribution in [0.15, 0.2) is 30.6 Å². The Bertz CT molecular complexity index is 653. The van der Waals surface area contributed by atoms with E-state index in [4.69, 9.17) is 14.7 Å². The summed E-state index contributed by atoms with van der Waals surface area (Å²) < 4.78 is 10.5. The topological polar surface area (TPSA) is 92.1 Å². The molecule has 19 heavy (non-hydrogen) atoms. The minimum atomic E-state index is 0.239. The lowest BCUT2D eigenvalue weighted by atomic mass is 10.3. The molecule has 1 aromatic heterocycles. The zero-order valence-corrected chi connectivity index (χ0v) is 9.75. The van der Waals surface area contributed by atoms with E-state index in [1.165, 1.54) is 6.33 Å². The zero-order valence-electron chi connectivity index (χ0n) is 9.75. The van der Waals surface area contributed by atoms with Crippen molar-refractivity contribution in [2.24, 2.45) is 0 Å². The summed E-state index contributed by atoms with van der Waals surface area (Å²) in [4.78, 5) is 7.97. The highest BCUT2D eigenvalue weighted by Crippen LogP contribution is 2.34. The second kappa shape index (κ2) is 4.70. The SMILES string of the molecule is N#CNc1cc(Nc2ccc3c(c2)OCO3)ncn1. The summed E-state index contributed by atoms with van der Waals surface area (Å²) in [7, 11) is 0. The van der Waals surface area contributed by atoms with Crippen molar-refractivity contribution >= 4 is 17.3 Å². The molecule has 7 nitrogen and oxygen atoms in total. The van der Waals surface area contributed by atoms with E-state index in [-0.39, 0.29) is 6.79 Å². The number of rotatable bonds is 3. The second-order valence-electron chi connectivity index (χ2n) is 3.72. The lowest BCUT2D eigenvalue weighted by molar-refractivity contribution is 0.174. The molecule has 1 aliphatic heterocycles. The van der Waals surface area contributed by atoms with Crippen LogP contribution in [-0.4, -0.2) is 16.8 Å². The number of fused-ring (bicyclic) bond motifs is 1. The normalized spacial score (nSPS) is 11.7. The van der Waals surface area contributed by atoms with E-state index in [2.05, 4.69) is 20.6 Å². The van der Waals surface area contributed by atoms with Crippen molar-refractivity contribution in [2.75, 3.05) is 17.4 Å². The van der Waals surface area contributed by atoms with Gasteiger partial charge in [0.1, 0.15) is 18.0 Å². The summed E-state index contributed by atoms with van der Waals surface area (Å²) in [5.74, 6) is 2.42. The van der Waals surface area contributed by atoms with Gasteiger partial charge in [0.15, 0.2) is 17.7 Å². The van der Waals surface area contributed by atoms with E-state index >= 15 is 0 Å². The third-order valence-electron chi connectivity index (χ3n) is 2.50. The number of ether oxygens (including phenoxy) is 2. The van der Waals surface area contributed by atoms with E-state index in [1.807, 2.05) is 18.2 Å². The van der Waals surface area contributed by atoms with Crippen LogP contribution in [0.3, 0.4) is 0 Å². The van der Waals surface area contributed by atoms with Crippen LogP contribution in [0.4, 0.5) is 17.3 Å². The number of nitrogens with zero attached hydrogens (tertiary/aromatic N) is 3. The fourth-order valence-corrected chi connectivity index (χ4v) is 1.67. The van der Waals surface area contributed by atoms with E-state index < -0.39 is 0 Å². The van der Waals surface area contributed by atoms with Gasteiger partial charge in [0.05, 0.1) is 0 Å². The van der Waals surface area contributed by atoms with Gasteiger partial charge in [-0.1, -0.05) is 0 Å². The Kier molecular flexibility index (Phi) is 2.74. The molecule has 7 heteroatoms. The summed E-state index contributed by atoms with van der Waals surface area (Å²) in [6.07, 6.45) is 3.17. The third kappa shape index (κ3) is 2.32. The first-order valence-electron chi connectivity index (χ1n) is 5.49. The fourth-order valence-electron chi connectivity index (χ4n) is 1.67. The standard InChI is InChI=1S/C12H9N5O2/c13-5-14-11-4-12(16-6-15-11)17-8-1-2-9-10(3-8)19-7-18-9/h1-4,6H,7H2,(H2,14,15,16,17). The van der Waals surface area contributed by atoms with Crippen LogP contribution < -0.4 is 20.1 Å². The quantitative estimate of drug-likeness (QED) is 0.638. The summed E-state index contributed by atoms with van der Waals surface area (Å²) >= 11 is 0. The van der Waals surface area contributed by atoms with Crippen molar-refractivity contribution < 1.29 is 9.47 Å². The number of aromatic nitrogens is 2. The van der Waals surface area contributed by atoms with Crippen LogP contribution in [0.1, 0.15) is 0 Å². The molecule has 0 bridgehead atoms. The number of hydrogen-bond acceptors (Lipinski definition) is 7. The van der Waals surface area contributed by atoms with E-state index in [9.17, 15) is 0 Å². The van der Waals surface area contributed by atoms with Crippen LogP contribution in [-0.2, 0) is 0 Å². The lowest BCUT2D eigenvalue weighted by Crippen LogP contribution is -1.97. The number of nitriles is 1. The van der Waals surface area contributed by atoms with Crippen molar-refractivity contribution in [3.63, 3.8) is 0 Å². The van der Waals surface area contributed by atoms with E-state index in [0.717, 1.165) is 11.4 Å². The van der Waals surface area contributed by atoms with Gasteiger partial charge >= 0.3 is 0 Å². The van der Waals surface area contributed by atoms with Crippen molar-refractivity contribution in [2.45, 2.75) is 0 Å². The summed E-state index contributed by atoms with van der Waals surface area (Å²) in [5, 5.41) is 14.1. The van der Waals surface area contributed by atoms with Crippen molar-refractivity contribution in [1.29, 1.82) is 5.26 Å². The van der Waals surface area contributed by atoms with Gasteiger partial charge in [0.25, 0.3) is 0 Å². The first-order chi connectivity index (χ1) is 9.35. The van der Waals surface area contributed by atoms with Gasteiger partial charge in [-0.3, -0.25) is 5.32 Å². The minimum Gasteiger partial charge on any atom is -0.454 e. The zero-order chi connectivity index (χ0) is 13.1. The number of hydrogen-bond donors (Lipinski definition) is 2. The molecule has 2 aromatic rings. The smallest absolute Gasteiger partial charge is 0.231 e. The number of anilines is 3. The molecule has 1 aromatic carbocycles. The maximum atomic E-state index is 8.53. The average molecular weight is 255 g/mol. The Hall–Kier alpha value is -3.01. The fraction of sp³-hybridized carbons (Fsp3) is 0.0833. The summed E-state index contributed by atoms with van der Waals surface area (Å²) in [6.45, 7) is 0.239. The van der Waals surface area contributed by atoms with Gasteiger partial charge < -0.3 is 14.8 Å². The molecular formula is C12H9N5O2. The molecule has 0 radical (unpaired) electrons. The van der Waals surface area contributed by atoms with Crippen LogP contribution in [0.2, 0.25) is 0 Å². The first kappa shape index (κ1) is 11.1. The highest BCUT2D eigenvalue weighted by Gasteiger charge is 2.13. The van der Waals surface area contributed by atoms with Crippen LogP contribution in [0.5, 0.6) is 11.5 Å². The Balaban J connectivity index is 1.81. The van der Waals surface area contributed by atoms with Gasteiger partial charge in [-0.15, -0.1) is 0 Å². The largest absolute Gasteiger partial charge is 0.454 e. The molecule has 0 spiro atoms. The monoisotopic (exact) mass is 255 g/mol. The third-order valence-corrected chi connectivity index (χ3v) is 2.50. The number of nitrogens with one attached hydrogen (secondary N) is 2. The predicted molar refractivity (Wildman–Crippen MR) is 67.1 cm³/mol. The second-order valence-corrected chi connectivity index (χ2v) is 3.72. The Morgan fingerprint density at radius 2 is 1.95 bits per heavy atom. The van der Waals surface area contributed by atoms with Crippen LogP contribution >= 0.6 is 0 Å². The van der Waals surface area contributed by atoms with E-state index in [0.29, 0.717) is 17.4 Å². The first-order valence-corrected chi connectivity index (χ1v) is 5.49. The van der Waals surface area contributed by atoms with Gasteiger partial charge in [-0.25, -0.2) is 9.97 Å². The Morgan fingerprint density at radius 3 is 2.84 bits per heavy atom. The van der Waals surface area contributed by atoms with Crippen LogP contribution in [0.25, 0.3) is 0 Å². The molecule has 3 rings (SSSR count). The van der Waals surface area contributed by atoms with Gasteiger partial charge in [0, 0.05) is 17.8 Å². The minimum absolute atomic E-state index is 0.239. The van der Waals surface area contributed by atoms with Gasteiger partial charge in [-0.05, 0) is 12.1 Å². The maximum absolute atomic E-state index is 8.53. The molecule has 0 fully saturated rings. The van der Waals surface area contributed by atoms with E-state index in [1.54, 1.807) is 12.3 Å². The Labute approximate surface area is 108 Å². The molecule has 0 amide bonds. The highest BCUT2D eigenvalue weighted by atomic mass is 16.7. The predicted octanol–water partition coefficient (Wildman–Crippen LogP) is 1.84. The summed E-state index contributed by atoms with van der Waals surface area (Å²) in [5.41, 5.74) is 0.811. The molecular weight excluding hydrogens is 246 g/mol. The average Bonchev–Trinajstić information content (AvgIpc) is 2.87. The highest BCUT2D eigenvalue weighted by molar-refractivity contribution is 5.63. The Morgan fingerprint density at radius 1 is 1.11 bits per heavy atom. The van der Waals surface area contributed by atoms with Crippen molar-refractivity contribution in [3.05, 3.63) is 30.6 Å². The van der Waals surface area contributed by atoms with Crippen molar-refractivity contribution in [3.8, 4) is 17.7 Å². The molecule has 2 heterocycles. The molecule has 0 saturated heterocycles. The molecule has 0 unspecified atom stereocenters. The van der Waals surface area contributed by atoms with Gasteiger partial charge in [0.2, 0.25) is 6.79 Å². The van der Waals surface area contributed by atoms with Crippen molar-refractivity contribution in [1.82, 2.24) is 9.97 Å². The van der Waals surface area contributed by atoms with Gasteiger partial charge in [-0.2, -0.15) is 5.26 Å². The molecule has 1 aliphatic rings. The lowest BCUT2D eigenvalue weighted by Gasteiger charge is -2.06. The molecule has 0 atom stereocenters. The maximum Gasteiger partial charge on any atom is 0.231 e.